The van der Waals surface area contributed by atoms with E-state index in [0.29, 0.717) is 0 Å². The third-order valence-electron chi connectivity index (χ3n) is 1.98. The second kappa shape index (κ2) is 6.90. The van der Waals surface area contributed by atoms with Crippen molar-refractivity contribution in [3.8, 4) is 0 Å². The van der Waals surface area contributed by atoms with Crippen molar-refractivity contribution >= 4 is 0 Å². The van der Waals surface area contributed by atoms with E-state index in [0.717, 1.165) is 12.8 Å². The molecule has 0 fully saturated rings. The summed E-state index contributed by atoms with van der Waals surface area (Å²) in [6, 6.07) is 0. The van der Waals surface area contributed by atoms with Gasteiger partial charge in [-0.25, -0.2) is 0 Å². The Morgan fingerprint density at radius 3 is 2.92 bits per heavy atom. The van der Waals surface area contributed by atoms with E-state index >= 15 is 0 Å². The fourth-order valence-electron chi connectivity index (χ4n) is 1.26. The summed E-state index contributed by atoms with van der Waals surface area (Å²) >= 11 is 0. The molecule has 1 rings (SSSR count). The minimum atomic E-state index is 1.07. The molecule has 1 aliphatic carbocycles. The van der Waals surface area contributed by atoms with Gasteiger partial charge in [-0.05, 0) is 38.2 Å². The molecule has 0 atom stereocenters. The molecule has 0 amide bonds. The summed E-state index contributed by atoms with van der Waals surface area (Å²) in [5.41, 5.74) is 0. The normalized spacial score (nSPS) is 28.0. The third kappa shape index (κ3) is 4.95. The van der Waals surface area contributed by atoms with Gasteiger partial charge in [0.05, 0.1) is 0 Å². The highest BCUT2D eigenvalue weighted by molar-refractivity contribution is 5.02. The summed E-state index contributed by atoms with van der Waals surface area (Å²) in [6.45, 7) is 0. The minimum absolute atomic E-state index is 1.07. The van der Waals surface area contributed by atoms with Gasteiger partial charge in [0.2, 0.25) is 0 Å². The molecule has 1 radical (unpaired) electrons. The molecule has 0 bridgehead atoms. The minimum Gasteiger partial charge on any atom is -0.0882 e. The SMILES string of the molecule is [C]1=C\C=C\C/C=C\CCCCC/1. The van der Waals surface area contributed by atoms with E-state index in [4.69, 9.17) is 0 Å². The van der Waals surface area contributed by atoms with Crippen molar-refractivity contribution in [2.75, 3.05) is 0 Å². The Balaban J connectivity index is 2.31. The smallest absolute Gasteiger partial charge is 0.0166 e. The summed E-state index contributed by atoms with van der Waals surface area (Å²) in [5, 5.41) is 0. The monoisotopic (exact) mass is 161 g/mol. The van der Waals surface area contributed by atoms with E-state index in [1.54, 1.807) is 0 Å². The van der Waals surface area contributed by atoms with Crippen LogP contribution in [0.3, 0.4) is 0 Å². The standard InChI is InChI=1S/C12H17/c1-2-4-6-8-10-12-11-9-7-5-3-1/h1-3,6,8H,4,7,9-12H2/b2-1+,5-3?,8-6-. The third-order valence-corrected chi connectivity index (χ3v) is 1.98. The molecule has 65 valence electrons. The van der Waals surface area contributed by atoms with Gasteiger partial charge >= 0.3 is 0 Å². The number of hydrogen-bond donors (Lipinski definition) is 0. The molecule has 0 spiro atoms. The quantitative estimate of drug-likeness (QED) is 0.474. The van der Waals surface area contributed by atoms with Crippen LogP contribution in [0.5, 0.6) is 0 Å². The van der Waals surface area contributed by atoms with Crippen molar-refractivity contribution in [3.63, 3.8) is 0 Å². The lowest BCUT2D eigenvalue weighted by atomic mass is 10.1. The van der Waals surface area contributed by atoms with Gasteiger partial charge in [0, 0.05) is 0 Å². The molecule has 0 N–H and O–H groups in total. The molecule has 0 nitrogen and oxygen atoms in total. The molecule has 0 saturated heterocycles. The molecule has 0 saturated carbocycles. The second-order valence-corrected chi connectivity index (χ2v) is 3.11. The van der Waals surface area contributed by atoms with Crippen LogP contribution in [0, 0.1) is 6.08 Å². The van der Waals surface area contributed by atoms with Crippen molar-refractivity contribution in [3.05, 3.63) is 36.5 Å². The van der Waals surface area contributed by atoms with Crippen molar-refractivity contribution in [2.45, 2.75) is 38.5 Å². The molecule has 0 heterocycles. The van der Waals surface area contributed by atoms with Crippen LogP contribution >= 0.6 is 0 Å². The molecular weight excluding hydrogens is 144 g/mol. The zero-order valence-electron chi connectivity index (χ0n) is 7.63. The number of hydrogen-bond acceptors (Lipinski definition) is 0. The number of rotatable bonds is 0. The van der Waals surface area contributed by atoms with Gasteiger partial charge in [0.1, 0.15) is 0 Å². The Morgan fingerprint density at radius 1 is 0.917 bits per heavy atom. The molecule has 0 aromatic heterocycles. The first-order valence-electron chi connectivity index (χ1n) is 4.87. The van der Waals surface area contributed by atoms with Gasteiger partial charge in [0.25, 0.3) is 0 Å². The highest BCUT2D eigenvalue weighted by Gasteiger charge is 1.86. The molecule has 1 aliphatic rings. The zero-order chi connectivity index (χ0) is 8.49. The Hall–Kier alpha value is -0.780. The van der Waals surface area contributed by atoms with Gasteiger partial charge in [-0.2, -0.15) is 0 Å². The fraction of sp³-hybridized carbons (Fsp3) is 0.500. The summed E-state index contributed by atoms with van der Waals surface area (Å²) in [6.07, 6.45) is 21.5. The van der Waals surface area contributed by atoms with Crippen LogP contribution in [0.4, 0.5) is 0 Å². The van der Waals surface area contributed by atoms with E-state index in [1.807, 2.05) is 6.08 Å². The van der Waals surface area contributed by atoms with Crippen LogP contribution in [0.25, 0.3) is 0 Å². The van der Waals surface area contributed by atoms with Crippen LogP contribution in [-0.4, -0.2) is 0 Å². The maximum absolute atomic E-state index is 3.27. The van der Waals surface area contributed by atoms with Crippen LogP contribution in [0.1, 0.15) is 38.5 Å². The van der Waals surface area contributed by atoms with Crippen molar-refractivity contribution in [1.29, 1.82) is 0 Å². The number of allylic oxidation sites excluding steroid dienone is 6. The Kier molecular flexibility index (Phi) is 5.35. The van der Waals surface area contributed by atoms with Gasteiger partial charge in [-0.1, -0.05) is 36.8 Å². The highest BCUT2D eigenvalue weighted by atomic mass is 13.9. The fourth-order valence-corrected chi connectivity index (χ4v) is 1.26. The second-order valence-electron chi connectivity index (χ2n) is 3.11. The maximum atomic E-state index is 3.27. The Morgan fingerprint density at radius 2 is 1.92 bits per heavy atom. The van der Waals surface area contributed by atoms with Gasteiger partial charge in [0.15, 0.2) is 0 Å². The first-order valence-corrected chi connectivity index (χ1v) is 4.87. The molecule has 0 heteroatoms. The van der Waals surface area contributed by atoms with Gasteiger partial charge in [-0.3, -0.25) is 0 Å². The van der Waals surface area contributed by atoms with Gasteiger partial charge in [-0.15, -0.1) is 0 Å². The van der Waals surface area contributed by atoms with Crippen molar-refractivity contribution in [2.24, 2.45) is 0 Å². The van der Waals surface area contributed by atoms with E-state index in [9.17, 15) is 0 Å². The largest absolute Gasteiger partial charge is 0.0882 e. The summed E-state index contributed by atoms with van der Waals surface area (Å²) < 4.78 is 0. The molecule has 0 aliphatic heterocycles. The van der Waals surface area contributed by atoms with Gasteiger partial charge < -0.3 is 0 Å². The molecule has 0 aromatic carbocycles. The van der Waals surface area contributed by atoms with E-state index in [2.05, 4.69) is 30.4 Å². The summed E-state index contributed by atoms with van der Waals surface area (Å²) in [5.74, 6) is 0. The van der Waals surface area contributed by atoms with Crippen LogP contribution in [-0.2, 0) is 0 Å². The van der Waals surface area contributed by atoms with E-state index in [1.165, 1.54) is 25.7 Å². The molecular formula is C12H17. The van der Waals surface area contributed by atoms with Crippen molar-refractivity contribution in [1.82, 2.24) is 0 Å². The zero-order valence-corrected chi connectivity index (χ0v) is 7.63. The molecule has 0 unspecified atom stereocenters. The summed E-state index contributed by atoms with van der Waals surface area (Å²) in [4.78, 5) is 0. The average molecular weight is 161 g/mol. The van der Waals surface area contributed by atoms with E-state index in [-0.39, 0.29) is 0 Å². The topological polar surface area (TPSA) is 0 Å². The molecule has 12 heavy (non-hydrogen) atoms. The lowest BCUT2D eigenvalue weighted by molar-refractivity contribution is 0.690. The van der Waals surface area contributed by atoms with Crippen LogP contribution < -0.4 is 0 Å². The molecule has 0 aromatic rings. The van der Waals surface area contributed by atoms with Crippen LogP contribution in [0.2, 0.25) is 0 Å². The van der Waals surface area contributed by atoms with Crippen molar-refractivity contribution < 1.29 is 0 Å². The summed E-state index contributed by atoms with van der Waals surface area (Å²) in [7, 11) is 0. The lowest BCUT2D eigenvalue weighted by Gasteiger charge is -1.95. The average Bonchev–Trinajstić information content (AvgIpc) is 2.05. The van der Waals surface area contributed by atoms with Crippen LogP contribution in [0.15, 0.2) is 30.4 Å². The predicted molar refractivity (Wildman–Crippen MR) is 53.8 cm³/mol. The first-order chi connectivity index (χ1) is 6.00. The van der Waals surface area contributed by atoms with E-state index < -0.39 is 0 Å². The Bertz CT molecular complexity index is 172. The Labute approximate surface area is 75.7 Å². The first kappa shape index (κ1) is 9.31. The lowest BCUT2D eigenvalue weighted by Crippen LogP contribution is -1.76. The maximum Gasteiger partial charge on any atom is -0.0166 e. The predicted octanol–water partition coefficient (Wildman–Crippen LogP) is 3.81. The highest BCUT2D eigenvalue weighted by Crippen LogP contribution is 2.05.